The van der Waals surface area contributed by atoms with Crippen molar-refractivity contribution in [3.8, 4) is 0 Å². The summed E-state index contributed by atoms with van der Waals surface area (Å²) in [5.74, 6) is 0. The second kappa shape index (κ2) is 4.83. The lowest BCUT2D eigenvalue weighted by Crippen LogP contribution is -2.44. The monoisotopic (exact) mass is 169 g/mol. The lowest BCUT2D eigenvalue weighted by molar-refractivity contribution is 0.0840. The maximum atomic E-state index is 4.54. The fourth-order valence-corrected chi connectivity index (χ4v) is 2.03. The summed E-state index contributed by atoms with van der Waals surface area (Å²) in [4.78, 5) is 0. The van der Waals surface area contributed by atoms with Crippen LogP contribution in [0, 0.1) is 0 Å². The predicted molar refractivity (Wildman–Crippen MR) is 51.9 cm³/mol. The van der Waals surface area contributed by atoms with Gasteiger partial charge in [-0.1, -0.05) is 12.8 Å². The summed E-state index contributed by atoms with van der Waals surface area (Å²) in [5, 5.41) is 2.31. The summed E-state index contributed by atoms with van der Waals surface area (Å²) in [7, 11) is 0. The largest absolute Gasteiger partial charge is 0.221 e. The van der Waals surface area contributed by atoms with E-state index >= 15 is 0 Å². The molecule has 1 aliphatic carbocycles. The van der Waals surface area contributed by atoms with E-state index in [0.29, 0.717) is 6.04 Å². The SMILES string of the molecule is CC[N]N(C(C)C)C1CCCC1. The third-order valence-electron chi connectivity index (χ3n) is 2.53. The van der Waals surface area contributed by atoms with Crippen LogP contribution in [0.25, 0.3) is 0 Å². The summed E-state index contributed by atoms with van der Waals surface area (Å²) in [6.45, 7) is 7.51. The first-order valence-corrected chi connectivity index (χ1v) is 5.21. The number of hydrogen-bond donors (Lipinski definition) is 0. The second-order valence-electron chi connectivity index (χ2n) is 3.87. The van der Waals surface area contributed by atoms with Crippen LogP contribution >= 0.6 is 0 Å². The molecule has 0 atom stereocenters. The fourth-order valence-electron chi connectivity index (χ4n) is 2.03. The Morgan fingerprint density at radius 2 is 1.92 bits per heavy atom. The molecule has 1 saturated carbocycles. The molecule has 0 N–H and O–H groups in total. The average molecular weight is 169 g/mol. The molecular weight excluding hydrogens is 148 g/mol. The van der Waals surface area contributed by atoms with Crippen molar-refractivity contribution in [3.63, 3.8) is 0 Å². The highest BCUT2D eigenvalue weighted by Gasteiger charge is 2.24. The summed E-state index contributed by atoms with van der Waals surface area (Å²) in [6, 6.07) is 1.32. The molecule has 2 heteroatoms. The molecule has 0 aromatic heterocycles. The van der Waals surface area contributed by atoms with Crippen molar-refractivity contribution in [2.45, 2.75) is 58.5 Å². The zero-order valence-corrected chi connectivity index (χ0v) is 8.58. The first-order valence-electron chi connectivity index (χ1n) is 5.21. The maximum Gasteiger partial charge on any atom is 0.0278 e. The van der Waals surface area contributed by atoms with Crippen LogP contribution in [0.2, 0.25) is 0 Å². The standard InChI is InChI=1S/C10H21N2/c1-4-11-12(9(2)3)10-7-5-6-8-10/h9-10H,4-8H2,1-3H3. The molecule has 0 aromatic carbocycles. The lowest BCUT2D eigenvalue weighted by atomic mass is 10.2. The van der Waals surface area contributed by atoms with Gasteiger partial charge in [-0.3, -0.25) is 0 Å². The van der Waals surface area contributed by atoms with Gasteiger partial charge in [-0.2, -0.15) is 5.43 Å². The molecule has 0 amide bonds. The summed E-state index contributed by atoms with van der Waals surface area (Å²) < 4.78 is 0. The van der Waals surface area contributed by atoms with Crippen molar-refractivity contribution in [1.82, 2.24) is 10.4 Å². The molecule has 2 nitrogen and oxygen atoms in total. The third-order valence-corrected chi connectivity index (χ3v) is 2.53. The van der Waals surface area contributed by atoms with Gasteiger partial charge in [-0.05, 0) is 33.6 Å². The van der Waals surface area contributed by atoms with E-state index in [9.17, 15) is 0 Å². The van der Waals surface area contributed by atoms with Crippen LogP contribution < -0.4 is 5.43 Å². The molecule has 1 aliphatic rings. The molecule has 0 heterocycles. The molecule has 0 spiro atoms. The fraction of sp³-hybridized carbons (Fsp3) is 1.00. The highest BCUT2D eigenvalue weighted by atomic mass is 15.5. The third kappa shape index (κ3) is 2.46. The topological polar surface area (TPSA) is 17.3 Å². The summed E-state index contributed by atoms with van der Waals surface area (Å²) in [6.07, 6.45) is 5.49. The molecule has 1 fully saturated rings. The van der Waals surface area contributed by atoms with Crippen molar-refractivity contribution in [2.24, 2.45) is 0 Å². The molecule has 1 rings (SSSR count). The molecule has 1 radical (unpaired) electrons. The van der Waals surface area contributed by atoms with Gasteiger partial charge < -0.3 is 0 Å². The van der Waals surface area contributed by atoms with E-state index in [1.807, 2.05) is 0 Å². The zero-order valence-electron chi connectivity index (χ0n) is 8.58. The van der Waals surface area contributed by atoms with E-state index < -0.39 is 0 Å². The van der Waals surface area contributed by atoms with Crippen LogP contribution in [-0.4, -0.2) is 23.6 Å². The quantitative estimate of drug-likeness (QED) is 0.590. The van der Waals surface area contributed by atoms with Crippen LogP contribution in [-0.2, 0) is 0 Å². The second-order valence-corrected chi connectivity index (χ2v) is 3.87. The highest BCUT2D eigenvalue weighted by molar-refractivity contribution is 4.76. The van der Waals surface area contributed by atoms with Crippen LogP contribution in [0.3, 0.4) is 0 Å². The van der Waals surface area contributed by atoms with Crippen molar-refractivity contribution in [1.29, 1.82) is 0 Å². The van der Waals surface area contributed by atoms with Gasteiger partial charge in [0, 0.05) is 18.6 Å². The van der Waals surface area contributed by atoms with E-state index in [1.54, 1.807) is 0 Å². The Kier molecular flexibility index (Phi) is 4.02. The van der Waals surface area contributed by atoms with Crippen molar-refractivity contribution >= 4 is 0 Å². The van der Waals surface area contributed by atoms with Crippen molar-refractivity contribution in [2.75, 3.05) is 6.54 Å². The Bertz CT molecular complexity index is 117. The molecule has 0 unspecified atom stereocenters. The van der Waals surface area contributed by atoms with Crippen LogP contribution in [0.15, 0.2) is 0 Å². The minimum absolute atomic E-state index is 0.577. The van der Waals surface area contributed by atoms with E-state index in [4.69, 9.17) is 0 Å². The Morgan fingerprint density at radius 3 is 2.33 bits per heavy atom. The Morgan fingerprint density at radius 1 is 1.33 bits per heavy atom. The van der Waals surface area contributed by atoms with Crippen LogP contribution in [0.5, 0.6) is 0 Å². The van der Waals surface area contributed by atoms with Crippen LogP contribution in [0.4, 0.5) is 0 Å². The molecule has 71 valence electrons. The van der Waals surface area contributed by atoms with Crippen molar-refractivity contribution < 1.29 is 0 Å². The lowest BCUT2D eigenvalue weighted by Gasteiger charge is -2.30. The first kappa shape index (κ1) is 10.0. The zero-order chi connectivity index (χ0) is 8.97. The minimum atomic E-state index is 0.577. The van der Waals surface area contributed by atoms with Gasteiger partial charge in [0.05, 0.1) is 0 Å². The van der Waals surface area contributed by atoms with Crippen molar-refractivity contribution in [3.05, 3.63) is 0 Å². The van der Waals surface area contributed by atoms with E-state index in [0.717, 1.165) is 12.6 Å². The van der Waals surface area contributed by atoms with Gasteiger partial charge in [0.1, 0.15) is 0 Å². The van der Waals surface area contributed by atoms with Gasteiger partial charge in [0.25, 0.3) is 0 Å². The Hall–Kier alpha value is -0.0800. The molecule has 0 saturated heterocycles. The van der Waals surface area contributed by atoms with Gasteiger partial charge in [-0.15, -0.1) is 0 Å². The number of rotatable bonds is 4. The highest BCUT2D eigenvalue weighted by Crippen LogP contribution is 2.23. The number of hydrogen-bond acceptors (Lipinski definition) is 1. The normalized spacial score (nSPS) is 19.8. The van der Waals surface area contributed by atoms with Gasteiger partial charge in [0.15, 0.2) is 0 Å². The summed E-state index contributed by atoms with van der Waals surface area (Å²) >= 11 is 0. The van der Waals surface area contributed by atoms with Gasteiger partial charge >= 0.3 is 0 Å². The van der Waals surface area contributed by atoms with E-state index in [-0.39, 0.29) is 0 Å². The average Bonchev–Trinajstić information content (AvgIpc) is 2.51. The first-order chi connectivity index (χ1) is 5.75. The van der Waals surface area contributed by atoms with Gasteiger partial charge in [0.2, 0.25) is 0 Å². The molecular formula is C10H21N2. The predicted octanol–water partition coefficient (Wildman–Crippen LogP) is 2.18. The number of nitrogens with zero attached hydrogens (tertiary/aromatic N) is 2. The van der Waals surface area contributed by atoms with E-state index in [1.165, 1.54) is 25.7 Å². The molecule has 0 bridgehead atoms. The van der Waals surface area contributed by atoms with E-state index in [2.05, 4.69) is 31.2 Å². The minimum Gasteiger partial charge on any atom is -0.221 e. The maximum absolute atomic E-state index is 4.54. The molecule has 0 aromatic rings. The molecule has 0 aliphatic heterocycles. The summed E-state index contributed by atoms with van der Waals surface area (Å²) in [5.41, 5.74) is 4.54. The Balaban J connectivity index is 2.40. The van der Waals surface area contributed by atoms with Crippen LogP contribution in [0.1, 0.15) is 46.5 Å². The Labute approximate surface area is 76.3 Å². The smallest absolute Gasteiger partial charge is 0.0278 e. The molecule has 12 heavy (non-hydrogen) atoms. The van der Waals surface area contributed by atoms with Gasteiger partial charge in [-0.25, -0.2) is 5.01 Å².